The van der Waals surface area contributed by atoms with Gasteiger partial charge in [-0.3, -0.25) is 4.55 Å². The first-order valence-corrected chi connectivity index (χ1v) is 23.1. The van der Waals surface area contributed by atoms with E-state index in [1.807, 2.05) is 11.8 Å². The van der Waals surface area contributed by atoms with E-state index in [-0.39, 0.29) is 134 Å². The van der Waals surface area contributed by atoms with Crippen LogP contribution in [0, 0.1) is 0 Å². The molecule has 0 saturated carbocycles. The molecule has 2 aromatic rings. The number of carboxylic acid groups (broad SMARTS) is 1. The molecule has 0 aliphatic carbocycles. The van der Waals surface area contributed by atoms with E-state index >= 15 is 0 Å². The minimum absolute atomic E-state index is 0. The van der Waals surface area contributed by atoms with Crippen molar-refractivity contribution in [1.29, 1.82) is 0 Å². The average molecular weight is 911 g/mol. The Morgan fingerprint density at radius 2 is 1.34 bits per heavy atom. The van der Waals surface area contributed by atoms with E-state index in [1.54, 1.807) is 48.8 Å². The molecule has 2 aromatic carbocycles. The third-order valence-corrected chi connectivity index (χ3v) is 13.2. The van der Waals surface area contributed by atoms with Crippen LogP contribution in [0.4, 0.5) is 11.4 Å². The van der Waals surface area contributed by atoms with Crippen LogP contribution in [0.15, 0.2) is 82.3 Å². The molecule has 2 heterocycles. The van der Waals surface area contributed by atoms with Crippen LogP contribution in [-0.4, -0.2) is 92.7 Å². The summed E-state index contributed by atoms with van der Waals surface area (Å²) < 4.78 is 140. The van der Waals surface area contributed by atoms with Crippen molar-refractivity contribution in [2.24, 2.45) is 0 Å². The largest absolute Gasteiger partial charge is 1.00 e. The van der Waals surface area contributed by atoms with E-state index < -0.39 is 78.6 Å². The van der Waals surface area contributed by atoms with Gasteiger partial charge in [0.05, 0.1) is 31.1 Å². The summed E-state index contributed by atoms with van der Waals surface area (Å²) in [6.07, 6.45) is 8.20. The van der Waals surface area contributed by atoms with Gasteiger partial charge in [-0.15, -0.1) is 0 Å². The molecule has 302 valence electrons. The number of anilines is 1. The van der Waals surface area contributed by atoms with Gasteiger partial charge in [0.2, 0.25) is 5.69 Å². The second-order valence-corrected chi connectivity index (χ2v) is 19.6. The number of carboxylic acids is 1. The van der Waals surface area contributed by atoms with E-state index in [2.05, 4.69) is 0 Å². The topological polar surface area (TPSA) is 272 Å². The predicted molar refractivity (Wildman–Crippen MR) is 196 cm³/mol. The molecule has 2 aliphatic heterocycles. The number of nitrogens with zero attached hydrogens (tertiary/aromatic N) is 2. The molecule has 1 N–H and O–H groups in total. The summed E-state index contributed by atoms with van der Waals surface area (Å²) in [5.41, 5.74) is 0.879. The second-order valence-electron chi connectivity index (χ2n) is 13.7. The van der Waals surface area contributed by atoms with E-state index in [1.165, 1.54) is 30.3 Å². The van der Waals surface area contributed by atoms with Gasteiger partial charge in [0.15, 0.2) is 5.71 Å². The second kappa shape index (κ2) is 21.5. The molecular formula is C35H41N2Na3O14S4. The van der Waals surface area contributed by atoms with Crippen molar-refractivity contribution >= 4 is 63.5 Å². The molecule has 4 rings (SSSR count). The first-order valence-electron chi connectivity index (χ1n) is 17.1. The zero-order chi connectivity index (χ0) is 41.2. The van der Waals surface area contributed by atoms with E-state index in [0.29, 0.717) is 40.5 Å². The van der Waals surface area contributed by atoms with Gasteiger partial charge in [-0.05, 0) is 94.8 Å². The molecule has 2 aliphatic rings. The zero-order valence-electron chi connectivity index (χ0n) is 33.2. The Labute approximate surface area is 406 Å². The normalized spacial score (nSPS) is 20.2. The SMILES string of the molecule is CCN1C(=CC=CC=CC2=[N+](CCCS(=O)(=O)O)c3ccc(S(=O)(=O)[O-])cc3C2(C)CCCC(=O)[O-])C(C)(CCCS(=O)(=O)[O-])c2cc(S(=O)(=O)[O-])ccc21.[Na+].[Na+].[Na+]. The molecule has 0 bridgehead atoms. The average Bonchev–Trinajstić information content (AvgIpc) is 3.42. The third kappa shape index (κ3) is 13.6. The quantitative estimate of drug-likeness (QED) is 0.0630. The number of carbonyl (C=O) groups excluding carboxylic acids is 1. The van der Waals surface area contributed by atoms with Gasteiger partial charge in [0.1, 0.15) is 26.8 Å². The monoisotopic (exact) mass is 910 g/mol. The Kier molecular flexibility index (Phi) is 20.5. The molecule has 16 nitrogen and oxygen atoms in total. The summed E-state index contributed by atoms with van der Waals surface area (Å²) in [5.74, 6) is -2.56. The van der Waals surface area contributed by atoms with E-state index in [4.69, 9.17) is 0 Å². The molecular weight excluding hydrogens is 870 g/mol. The van der Waals surface area contributed by atoms with E-state index in [9.17, 15) is 61.8 Å². The smallest absolute Gasteiger partial charge is 0.748 e. The number of rotatable bonds is 18. The van der Waals surface area contributed by atoms with Crippen LogP contribution in [0.1, 0.15) is 70.4 Å². The Bertz CT molecular complexity index is 2440. The fraction of sp³-hybridized carbons (Fsp3) is 0.429. The van der Waals surface area contributed by atoms with Crippen molar-refractivity contribution in [3.63, 3.8) is 0 Å². The molecule has 0 spiro atoms. The maximum atomic E-state index is 12.0. The Balaban J connectivity index is 0.00000561. The first kappa shape index (κ1) is 55.3. The van der Waals surface area contributed by atoms with Crippen molar-refractivity contribution < 1.29 is 155 Å². The Hall–Kier alpha value is -0.760. The van der Waals surface area contributed by atoms with Crippen LogP contribution >= 0.6 is 0 Å². The molecule has 58 heavy (non-hydrogen) atoms. The van der Waals surface area contributed by atoms with Crippen LogP contribution in [0.3, 0.4) is 0 Å². The van der Waals surface area contributed by atoms with Gasteiger partial charge in [-0.25, -0.2) is 25.3 Å². The molecule has 0 aromatic heterocycles. The number of carbonyl (C=O) groups is 1. The zero-order valence-corrected chi connectivity index (χ0v) is 42.5. The van der Waals surface area contributed by atoms with E-state index in [0.717, 1.165) is 6.07 Å². The summed E-state index contributed by atoms with van der Waals surface area (Å²) >= 11 is 0. The number of benzene rings is 2. The number of allylic oxidation sites excluding steroid dienone is 6. The minimum Gasteiger partial charge on any atom is -0.748 e. The van der Waals surface area contributed by atoms with Gasteiger partial charge in [0.25, 0.3) is 10.1 Å². The Morgan fingerprint density at radius 1 is 0.776 bits per heavy atom. The fourth-order valence-corrected chi connectivity index (χ4v) is 9.42. The van der Waals surface area contributed by atoms with Gasteiger partial charge in [-0.2, -0.15) is 13.0 Å². The summed E-state index contributed by atoms with van der Waals surface area (Å²) in [4.78, 5) is 12.2. The molecule has 2 unspecified atom stereocenters. The maximum absolute atomic E-state index is 12.0. The van der Waals surface area contributed by atoms with Crippen molar-refractivity contribution in [2.75, 3.05) is 29.5 Å². The first-order chi connectivity index (χ1) is 25.3. The van der Waals surface area contributed by atoms with Gasteiger partial charge in [0, 0.05) is 59.2 Å². The molecule has 0 saturated heterocycles. The summed E-state index contributed by atoms with van der Waals surface area (Å²) in [6, 6.07) is 7.68. The van der Waals surface area contributed by atoms with Gasteiger partial charge in [-0.1, -0.05) is 18.2 Å². The third-order valence-electron chi connectivity index (χ3n) is 9.96. The standard InChI is InChI=1S/C35H44N2O14S4.3Na/c1-4-36-29-16-14-25(54(46,47)48)23-27(29)35(3,19-9-21-52(40,41)42)31(36)11-6-5-7-12-32-34(2,18-8-13-33(38)39)28-24-26(55(49,50)51)15-17-30(28)37(32)20-10-22-53(43,44)45;;;/h5-7,11-12,14-17,23-24H,4,8-10,13,18-22H2,1-3H3,(H4-,38,39,40,41,42,43,44,45,46,47,48,49,50,51);;;/q;3*+1/p-3. The molecule has 0 radical (unpaired) electrons. The minimum atomic E-state index is -4.90. The number of likely N-dealkylation sites (N-methyl/N-ethyl adjacent to an activating group) is 1. The van der Waals surface area contributed by atoms with Crippen molar-refractivity contribution in [3.8, 4) is 0 Å². The predicted octanol–water partition coefficient (Wildman–Crippen LogP) is -6.82. The van der Waals surface area contributed by atoms with Crippen LogP contribution in [-0.2, 0) is 56.1 Å². The van der Waals surface area contributed by atoms with Crippen LogP contribution < -0.4 is 98.7 Å². The van der Waals surface area contributed by atoms with Crippen molar-refractivity contribution in [3.05, 3.63) is 83.6 Å². The molecule has 2 atom stereocenters. The summed E-state index contributed by atoms with van der Waals surface area (Å²) in [7, 11) is -18.6. The van der Waals surface area contributed by atoms with Crippen LogP contribution in [0.25, 0.3) is 0 Å². The Morgan fingerprint density at radius 3 is 1.88 bits per heavy atom. The number of fused-ring (bicyclic) bond motifs is 2. The van der Waals surface area contributed by atoms with Crippen molar-refractivity contribution in [2.45, 2.75) is 79.9 Å². The summed E-state index contributed by atoms with van der Waals surface area (Å²) in [6.45, 7) is 5.74. The number of hydrogen-bond acceptors (Lipinski definition) is 14. The molecule has 0 fully saturated rings. The van der Waals surface area contributed by atoms with Crippen LogP contribution in [0.2, 0.25) is 0 Å². The maximum Gasteiger partial charge on any atom is 1.00 e. The van der Waals surface area contributed by atoms with Gasteiger partial charge >= 0.3 is 88.7 Å². The number of aliphatic carboxylic acids is 1. The number of hydrogen-bond donors (Lipinski definition) is 1. The molecule has 23 heteroatoms. The van der Waals surface area contributed by atoms with Gasteiger partial charge < -0.3 is 28.5 Å². The molecule has 0 amide bonds. The summed E-state index contributed by atoms with van der Waals surface area (Å²) in [5, 5.41) is 11.3. The van der Waals surface area contributed by atoms with Crippen LogP contribution in [0.5, 0.6) is 0 Å². The fourth-order valence-electron chi connectivity index (χ4n) is 7.43. The van der Waals surface area contributed by atoms with Crippen molar-refractivity contribution in [1.82, 2.24) is 0 Å².